The summed E-state index contributed by atoms with van der Waals surface area (Å²) in [5, 5.41) is 50.3. The second kappa shape index (κ2) is 35.0. The Kier molecular flexibility index (Phi) is 31.3. The zero-order chi connectivity index (χ0) is 50.8. The molecule has 0 saturated heterocycles. The lowest BCUT2D eigenvalue weighted by Gasteiger charge is -2.28. The Morgan fingerprint density at radius 2 is 0.941 bits per heavy atom. The number of hydrogen-bond acceptors (Lipinski definition) is 18. The van der Waals surface area contributed by atoms with E-state index in [0.717, 1.165) is 12.1 Å². The Morgan fingerprint density at radius 1 is 0.544 bits per heavy atom. The molecule has 0 saturated carbocycles. The molecule has 380 valence electrons. The van der Waals surface area contributed by atoms with Crippen molar-refractivity contribution in [2.24, 2.45) is 0 Å². The SMILES string of the molecule is C=CCOCc1cc(OCC=C)ccc1[N+](=O)[O-].CCO[Si](CCCOCc1cc(OCCC[Si](OCC)(OCC)OCC)ccc1[N+](=O)[O-])(OCC)OCC.O=[N+]([O-])c1ccc(O)cc1CO. The summed E-state index contributed by atoms with van der Waals surface area (Å²) in [7, 11) is -5.48. The van der Waals surface area contributed by atoms with Crippen molar-refractivity contribution in [2.75, 3.05) is 66.1 Å². The van der Waals surface area contributed by atoms with Crippen LogP contribution in [0.3, 0.4) is 0 Å². The number of aliphatic hydroxyl groups excluding tert-OH is 1. The Bertz CT molecular complexity index is 1930. The lowest BCUT2D eigenvalue weighted by atomic mass is 10.2. The van der Waals surface area contributed by atoms with Crippen LogP contribution >= 0.6 is 0 Å². The molecule has 3 rings (SSSR count). The highest BCUT2D eigenvalue weighted by atomic mass is 28.4. The molecule has 21 nitrogen and oxygen atoms in total. The largest absolute Gasteiger partial charge is 0.508 e. The van der Waals surface area contributed by atoms with Gasteiger partial charge in [-0.05, 0) is 90.8 Å². The first-order valence-electron chi connectivity index (χ1n) is 22.3. The van der Waals surface area contributed by atoms with Crippen molar-refractivity contribution in [1.29, 1.82) is 0 Å². The molecule has 0 bridgehead atoms. The van der Waals surface area contributed by atoms with Gasteiger partial charge >= 0.3 is 17.6 Å². The zero-order valence-corrected chi connectivity index (χ0v) is 42.1. The maximum atomic E-state index is 11.6. The molecule has 0 atom stereocenters. The number of nitro groups is 3. The molecule has 0 unspecified atom stereocenters. The third-order valence-corrected chi connectivity index (χ3v) is 15.2. The Hall–Kier alpha value is -5.19. The number of aromatic hydroxyl groups is 1. The van der Waals surface area contributed by atoms with E-state index in [-0.39, 0.29) is 41.6 Å². The number of phenolic OH excluding ortho intramolecular Hbond substituents is 1. The van der Waals surface area contributed by atoms with Crippen molar-refractivity contribution < 1.29 is 70.5 Å². The minimum Gasteiger partial charge on any atom is -0.508 e. The first-order valence-corrected chi connectivity index (χ1v) is 26.1. The van der Waals surface area contributed by atoms with Gasteiger partial charge in [-0.2, -0.15) is 0 Å². The molecule has 3 aromatic rings. The molecule has 0 amide bonds. The topological polar surface area (TPSA) is 262 Å². The summed E-state index contributed by atoms with van der Waals surface area (Å²) in [6, 6.07) is 14.0. The van der Waals surface area contributed by atoms with Gasteiger partial charge in [-0.15, -0.1) is 6.58 Å². The third-order valence-electron chi connectivity index (χ3n) is 8.90. The standard InChI is InChI=1S/C25H47NO10Si2.C13H15NO4.C7H7NO4/c1-7-31-37(32-8-2,33-9-3)19-13-17-29-22-23-21-24(15-16-25(23)26(27)28)30-18-14-20-38(34-10-4,35-11-5)36-12-6;1-3-7-17-10-11-9-12(18-8-4-2)5-6-13(11)14(15)16;9-4-5-3-6(10)1-2-7(5)8(11)12/h15-16,21H,7-14,17-20,22H2,1-6H3;3-6,9H,1-2,7-8,10H2;1-3,9-10H,4H2. The van der Waals surface area contributed by atoms with Crippen molar-refractivity contribution in [2.45, 2.75) is 86.3 Å². The van der Waals surface area contributed by atoms with Gasteiger partial charge in [0, 0.05) is 76.5 Å². The van der Waals surface area contributed by atoms with Gasteiger partial charge in [0.1, 0.15) is 23.9 Å². The molecular formula is C45H69N3O18Si2. The van der Waals surface area contributed by atoms with Gasteiger partial charge in [-0.3, -0.25) is 30.3 Å². The molecule has 23 heteroatoms. The van der Waals surface area contributed by atoms with Crippen LogP contribution in [-0.2, 0) is 55.9 Å². The smallest absolute Gasteiger partial charge is 0.501 e. The van der Waals surface area contributed by atoms with Crippen LogP contribution in [0.4, 0.5) is 17.1 Å². The minimum atomic E-state index is -2.74. The van der Waals surface area contributed by atoms with Crippen LogP contribution in [0.1, 0.15) is 71.1 Å². The predicted molar refractivity (Wildman–Crippen MR) is 258 cm³/mol. The molecule has 2 N–H and O–H groups in total. The molecule has 0 radical (unpaired) electrons. The highest BCUT2D eigenvalue weighted by Crippen LogP contribution is 2.28. The van der Waals surface area contributed by atoms with Gasteiger partial charge in [0.05, 0.1) is 64.5 Å². The maximum absolute atomic E-state index is 11.6. The van der Waals surface area contributed by atoms with Crippen molar-refractivity contribution in [3.63, 3.8) is 0 Å². The van der Waals surface area contributed by atoms with Crippen LogP contribution in [-0.4, -0.2) is 109 Å². The van der Waals surface area contributed by atoms with Crippen LogP contribution in [0.25, 0.3) is 0 Å². The summed E-state index contributed by atoms with van der Waals surface area (Å²) in [4.78, 5) is 31.3. The van der Waals surface area contributed by atoms with Gasteiger partial charge in [0.25, 0.3) is 17.1 Å². The summed E-state index contributed by atoms with van der Waals surface area (Å²) in [6.07, 6.45) is 4.51. The van der Waals surface area contributed by atoms with E-state index < -0.39 is 39.0 Å². The monoisotopic (exact) mass is 995 g/mol. The summed E-state index contributed by atoms with van der Waals surface area (Å²) < 4.78 is 57.4. The average molecular weight is 996 g/mol. The summed E-state index contributed by atoms with van der Waals surface area (Å²) >= 11 is 0. The molecule has 0 heterocycles. The number of ether oxygens (including phenoxy) is 4. The number of nitrogens with zero attached hydrogens (tertiary/aromatic N) is 3. The zero-order valence-electron chi connectivity index (χ0n) is 40.1. The van der Waals surface area contributed by atoms with E-state index in [2.05, 4.69) is 13.2 Å². The highest BCUT2D eigenvalue weighted by Gasteiger charge is 2.40. The quantitative estimate of drug-likeness (QED) is 0.0186. The maximum Gasteiger partial charge on any atom is 0.501 e. The normalized spacial score (nSPS) is 11.1. The van der Waals surface area contributed by atoms with Gasteiger partial charge in [0.15, 0.2) is 0 Å². The van der Waals surface area contributed by atoms with Crippen LogP contribution in [0.15, 0.2) is 79.9 Å². The van der Waals surface area contributed by atoms with E-state index in [4.69, 9.17) is 55.7 Å². The molecule has 0 aliphatic carbocycles. The number of nitro benzene ring substituents is 3. The molecule has 0 aliphatic rings. The fraction of sp³-hybridized carbons (Fsp3) is 0.511. The minimum absolute atomic E-state index is 0.00511. The second-order valence-electron chi connectivity index (χ2n) is 13.8. The summed E-state index contributed by atoms with van der Waals surface area (Å²) in [6.45, 7) is 22.9. The first-order chi connectivity index (χ1) is 32.7. The molecule has 68 heavy (non-hydrogen) atoms. The molecular weight excluding hydrogens is 927 g/mol. The second-order valence-corrected chi connectivity index (χ2v) is 19.3. The molecule has 3 aromatic carbocycles. The molecule has 0 fully saturated rings. The van der Waals surface area contributed by atoms with Gasteiger partial charge in [0.2, 0.25) is 0 Å². The fourth-order valence-corrected chi connectivity index (χ4v) is 11.4. The molecule has 0 aromatic heterocycles. The number of benzene rings is 3. The van der Waals surface area contributed by atoms with Crippen molar-refractivity contribution in [3.05, 3.63) is 127 Å². The van der Waals surface area contributed by atoms with Gasteiger partial charge in [-0.1, -0.05) is 18.7 Å². The Balaban J connectivity index is 0.000000626. The van der Waals surface area contributed by atoms with Crippen LogP contribution < -0.4 is 9.47 Å². The highest BCUT2D eigenvalue weighted by molar-refractivity contribution is 6.61. The number of aliphatic hydroxyl groups is 1. The lowest BCUT2D eigenvalue weighted by Crippen LogP contribution is -2.46. The lowest BCUT2D eigenvalue weighted by molar-refractivity contribution is -0.386. The summed E-state index contributed by atoms with van der Waals surface area (Å²) in [5.74, 6) is 1.00. The molecule has 0 spiro atoms. The van der Waals surface area contributed by atoms with E-state index in [9.17, 15) is 30.3 Å². The Morgan fingerprint density at radius 3 is 1.35 bits per heavy atom. The van der Waals surface area contributed by atoms with E-state index in [0.29, 0.717) is 114 Å². The van der Waals surface area contributed by atoms with E-state index >= 15 is 0 Å². The predicted octanol–water partition coefficient (Wildman–Crippen LogP) is 9.02. The van der Waals surface area contributed by atoms with Crippen LogP contribution in [0.2, 0.25) is 12.1 Å². The number of hydrogen-bond donors (Lipinski definition) is 2. The van der Waals surface area contributed by atoms with E-state index in [1.54, 1.807) is 36.4 Å². The van der Waals surface area contributed by atoms with Crippen LogP contribution in [0, 0.1) is 30.3 Å². The third kappa shape index (κ3) is 22.7. The number of phenols is 1. The van der Waals surface area contributed by atoms with Crippen LogP contribution in [0.5, 0.6) is 17.2 Å². The van der Waals surface area contributed by atoms with Crippen molar-refractivity contribution in [1.82, 2.24) is 0 Å². The fourth-order valence-electron chi connectivity index (χ4n) is 6.23. The van der Waals surface area contributed by atoms with Crippen molar-refractivity contribution >= 4 is 34.7 Å². The molecule has 0 aliphatic heterocycles. The van der Waals surface area contributed by atoms with E-state index in [1.165, 1.54) is 18.2 Å². The van der Waals surface area contributed by atoms with Gasteiger partial charge < -0.3 is 55.7 Å². The first kappa shape index (κ1) is 60.8. The average Bonchev–Trinajstić information content (AvgIpc) is 3.30. The Labute approximate surface area is 400 Å². The van der Waals surface area contributed by atoms with Crippen molar-refractivity contribution in [3.8, 4) is 17.2 Å². The number of rotatable bonds is 34. The van der Waals surface area contributed by atoms with Gasteiger partial charge in [-0.25, -0.2) is 0 Å². The van der Waals surface area contributed by atoms with E-state index in [1.807, 2.05) is 41.5 Å². The summed E-state index contributed by atoms with van der Waals surface area (Å²) in [5.41, 5.74) is 0.871.